The molecule has 3 rings (SSSR count). The lowest BCUT2D eigenvalue weighted by Gasteiger charge is -2.24. The quantitative estimate of drug-likeness (QED) is 0.609. The van der Waals surface area contributed by atoms with Crippen molar-refractivity contribution in [2.45, 2.75) is 19.8 Å². The summed E-state index contributed by atoms with van der Waals surface area (Å²) in [4.78, 5) is 38.0. The van der Waals surface area contributed by atoms with E-state index in [4.69, 9.17) is 0 Å². The standard InChI is InChI=1S/C20H18F2N2O3S/c1-12(25)18-7-13(11-28-18)8-19(26)23-17-9-14(15(21)10-16(17)22)20(27)24-5-3-2-4-6-24/h2-3,7,9-11H,4-6,8H2,1H3,(H,23,26). The minimum Gasteiger partial charge on any atom is -0.335 e. The number of carbonyl (C=O) groups is 3. The van der Waals surface area contributed by atoms with Crippen LogP contribution in [0.1, 0.15) is 38.9 Å². The largest absolute Gasteiger partial charge is 0.335 e. The number of benzene rings is 1. The van der Waals surface area contributed by atoms with E-state index in [1.54, 1.807) is 11.4 Å². The molecular formula is C20H18F2N2O3S. The molecule has 2 amide bonds. The molecule has 1 aromatic heterocycles. The number of amides is 2. The van der Waals surface area contributed by atoms with Crippen molar-refractivity contribution in [3.63, 3.8) is 0 Å². The first-order valence-electron chi connectivity index (χ1n) is 8.66. The average Bonchev–Trinajstić information content (AvgIpc) is 3.13. The molecule has 0 spiro atoms. The Morgan fingerprint density at radius 1 is 1.14 bits per heavy atom. The van der Waals surface area contributed by atoms with E-state index in [0.29, 0.717) is 36.0 Å². The molecule has 0 bridgehead atoms. The maximum atomic E-state index is 14.1. The second kappa shape index (κ2) is 8.43. The summed E-state index contributed by atoms with van der Waals surface area (Å²) in [5.74, 6) is -3.12. The Balaban J connectivity index is 1.75. The van der Waals surface area contributed by atoms with Gasteiger partial charge in [-0.05, 0) is 36.4 Å². The first kappa shape index (κ1) is 19.9. The summed E-state index contributed by atoms with van der Waals surface area (Å²) in [6.45, 7) is 2.23. The topological polar surface area (TPSA) is 66.5 Å². The number of rotatable bonds is 5. The minimum atomic E-state index is -0.973. The molecule has 1 aromatic carbocycles. The molecule has 2 aromatic rings. The maximum absolute atomic E-state index is 14.1. The summed E-state index contributed by atoms with van der Waals surface area (Å²) in [6.07, 6.45) is 4.34. The smallest absolute Gasteiger partial charge is 0.257 e. The van der Waals surface area contributed by atoms with E-state index in [9.17, 15) is 23.2 Å². The van der Waals surface area contributed by atoms with Gasteiger partial charge in [-0.2, -0.15) is 0 Å². The number of Topliss-reactive ketones (excluding diaryl/α,β-unsaturated/α-hetero) is 1. The molecule has 0 saturated heterocycles. The van der Waals surface area contributed by atoms with Gasteiger partial charge in [0, 0.05) is 19.2 Å². The van der Waals surface area contributed by atoms with Crippen molar-refractivity contribution >= 4 is 34.6 Å². The molecule has 1 N–H and O–H groups in total. The Morgan fingerprint density at radius 3 is 2.57 bits per heavy atom. The van der Waals surface area contributed by atoms with Gasteiger partial charge in [0.1, 0.15) is 11.6 Å². The number of ketones is 1. The fourth-order valence-corrected chi connectivity index (χ4v) is 3.65. The van der Waals surface area contributed by atoms with Crippen LogP contribution in [0.25, 0.3) is 0 Å². The monoisotopic (exact) mass is 404 g/mol. The molecule has 0 atom stereocenters. The van der Waals surface area contributed by atoms with E-state index in [-0.39, 0.29) is 23.5 Å². The van der Waals surface area contributed by atoms with Crippen LogP contribution in [0.5, 0.6) is 0 Å². The van der Waals surface area contributed by atoms with E-state index in [2.05, 4.69) is 5.32 Å². The van der Waals surface area contributed by atoms with Crippen molar-refractivity contribution in [1.29, 1.82) is 0 Å². The lowest BCUT2D eigenvalue weighted by Crippen LogP contribution is -2.34. The third-order valence-electron chi connectivity index (χ3n) is 4.27. The van der Waals surface area contributed by atoms with Crippen molar-refractivity contribution in [3.05, 3.63) is 63.4 Å². The molecule has 0 saturated carbocycles. The lowest BCUT2D eigenvalue weighted by atomic mass is 10.1. The number of hydrogen-bond donors (Lipinski definition) is 1. The van der Waals surface area contributed by atoms with Gasteiger partial charge in [0.25, 0.3) is 5.91 Å². The van der Waals surface area contributed by atoms with E-state index >= 15 is 0 Å². The van der Waals surface area contributed by atoms with Gasteiger partial charge in [-0.25, -0.2) is 8.78 Å². The SMILES string of the molecule is CC(=O)c1cc(CC(=O)Nc2cc(C(=O)N3CC=CCC3)c(F)cc2F)cs1. The molecule has 0 fully saturated rings. The van der Waals surface area contributed by atoms with E-state index in [1.165, 1.54) is 23.2 Å². The highest BCUT2D eigenvalue weighted by Gasteiger charge is 2.22. The number of thiophene rings is 1. The molecular weight excluding hydrogens is 386 g/mol. The summed E-state index contributed by atoms with van der Waals surface area (Å²) in [6, 6.07) is 3.23. The fourth-order valence-electron chi connectivity index (χ4n) is 2.84. The van der Waals surface area contributed by atoms with Gasteiger partial charge in [-0.15, -0.1) is 11.3 Å². The van der Waals surface area contributed by atoms with Crippen LogP contribution in [0.4, 0.5) is 14.5 Å². The summed E-state index contributed by atoms with van der Waals surface area (Å²) in [5, 5.41) is 4.05. The lowest BCUT2D eigenvalue weighted by molar-refractivity contribution is -0.115. The van der Waals surface area contributed by atoms with Crippen molar-refractivity contribution in [2.75, 3.05) is 18.4 Å². The fraction of sp³-hybridized carbons (Fsp3) is 0.250. The van der Waals surface area contributed by atoms with Crippen LogP contribution in [-0.2, 0) is 11.2 Å². The highest BCUT2D eigenvalue weighted by molar-refractivity contribution is 7.12. The van der Waals surface area contributed by atoms with Crippen molar-refractivity contribution in [3.8, 4) is 0 Å². The summed E-state index contributed by atoms with van der Waals surface area (Å²) < 4.78 is 28.3. The predicted molar refractivity (Wildman–Crippen MR) is 103 cm³/mol. The van der Waals surface area contributed by atoms with Crippen molar-refractivity contribution in [2.24, 2.45) is 0 Å². The first-order valence-corrected chi connectivity index (χ1v) is 9.54. The van der Waals surface area contributed by atoms with Crippen molar-refractivity contribution in [1.82, 2.24) is 4.90 Å². The summed E-state index contributed by atoms with van der Waals surface area (Å²) in [5.41, 5.74) is 0.0670. The highest BCUT2D eigenvalue weighted by Crippen LogP contribution is 2.22. The van der Waals surface area contributed by atoms with Crippen LogP contribution in [0.2, 0.25) is 0 Å². The molecule has 1 aliphatic rings. The zero-order valence-corrected chi connectivity index (χ0v) is 15.9. The second-order valence-corrected chi connectivity index (χ2v) is 7.33. The molecule has 5 nitrogen and oxygen atoms in total. The second-order valence-electron chi connectivity index (χ2n) is 6.42. The first-order chi connectivity index (χ1) is 13.3. The van der Waals surface area contributed by atoms with Gasteiger partial charge >= 0.3 is 0 Å². The maximum Gasteiger partial charge on any atom is 0.257 e. The van der Waals surface area contributed by atoms with E-state index in [0.717, 1.165) is 6.07 Å². The van der Waals surface area contributed by atoms with Gasteiger partial charge in [0.2, 0.25) is 5.91 Å². The zero-order chi connectivity index (χ0) is 20.3. The number of anilines is 1. The zero-order valence-electron chi connectivity index (χ0n) is 15.1. The number of nitrogens with zero attached hydrogens (tertiary/aromatic N) is 1. The van der Waals surface area contributed by atoms with E-state index < -0.39 is 23.4 Å². The van der Waals surface area contributed by atoms with Crippen LogP contribution < -0.4 is 5.32 Å². The predicted octanol–water partition coefficient (Wildman–Crippen LogP) is 3.81. The molecule has 1 aliphatic heterocycles. The molecule has 28 heavy (non-hydrogen) atoms. The van der Waals surface area contributed by atoms with Crippen LogP contribution in [0, 0.1) is 11.6 Å². The number of carbonyl (C=O) groups excluding carboxylic acids is 3. The molecule has 2 heterocycles. The minimum absolute atomic E-state index is 0.0687. The summed E-state index contributed by atoms with van der Waals surface area (Å²) >= 11 is 1.22. The molecule has 0 radical (unpaired) electrons. The van der Waals surface area contributed by atoms with Crippen LogP contribution in [0.15, 0.2) is 35.7 Å². The molecule has 8 heteroatoms. The Morgan fingerprint density at radius 2 is 1.93 bits per heavy atom. The highest BCUT2D eigenvalue weighted by atomic mass is 32.1. The number of hydrogen-bond acceptors (Lipinski definition) is 4. The Bertz CT molecular complexity index is 968. The van der Waals surface area contributed by atoms with Gasteiger partial charge < -0.3 is 10.2 Å². The molecule has 0 unspecified atom stereocenters. The van der Waals surface area contributed by atoms with Gasteiger partial charge in [-0.3, -0.25) is 14.4 Å². The van der Waals surface area contributed by atoms with Crippen LogP contribution in [-0.4, -0.2) is 35.6 Å². The van der Waals surface area contributed by atoms with Crippen LogP contribution in [0.3, 0.4) is 0 Å². The Hall–Kier alpha value is -2.87. The Kier molecular flexibility index (Phi) is 5.99. The average molecular weight is 404 g/mol. The van der Waals surface area contributed by atoms with Gasteiger partial charge in [-0.1, -0.05) is 12.2 Å². The number of nitrogens with one attached hydrogen (secondary N) is 1. The molecule has 0 aliphatic carbocycles. The third kappa shape index (κ3) is 4.51. The normalized spacial score (nSPS) is 13.5. The third-order valence-corrected chi connectivity index (χ3v) is 5.35. The van der Waals surface area contributed by atoms with Gasteiger partial charge in [0.15, 0.2) is 5.78 Å². The van der Waals surface area contributed by atoms with Crippen LogP contribution >= 0.6 is 11.3 Å². The van der Waals surface area contributed by atoms with Crippen molar-refractivity contribution < 1.29 is 23.2 Å². The number of halogens is 2. The van der Waals surface area contributed by atoms with Gasteiger partial charge in [0.05, 0.1) is 22.5 Å². The van der Waals surface area contributed by atoms with E-state index in [1.807, 2.05) is 12.2 Å². The Labute approximate surface area is 164 Å². The summed E-state index contributed by atoms with van der Waals surface area (Å²) in [7, 11) is 0. The molecule has 146 valence electrons.